The second kappa shape index (κ2) is 9.63. The van der Waals surface area contributed by atoms with Crippen molar-refractivity contribution in [3.8, 4) is 0 Å². The second-order valence-corrected chi connectivity index (χ2v) is 6.40. The lowest BCUT2D eigenvalue weighted by Gasteiger charge is -2.07. The molecule has 1 heteroatoms. The molecule has 1 nitrogen and oxygen atoms in total. The van der Waals surface area contributed by atoms with Crippen LogP contribution in [0.5, 0.6) is 0 Å². The highest BCUT2D eigenvalue weighted by Gasteiger charge is 2.01. The fraction of sp³-hybridized carbons (Fsp3) is 0.524. The Labute approximate surface area is 135 Å². The number of aryl methyl sites for hydroxylation is 1. The predicted octanol–water partition coefficient (Wildman–Crippen LogP) is 5.98. The molecule has 0 aliphatic carbocycles. The minimum Gasteiger partial charge on any atom is -0.326 e. The normalized spacial score (nSPS) is 11.2. The summed E-state index contributed by atoms with van der Waals surface area (Å²) in [5.41, 5.74) is 8.52. The van der Waals surface area contributed by atoms with E-state index in [0.717, 1.165) is 0 Å². The van der Waals surface area contributed by atoms with Crippen LogP contribution in [0, 0.1) is 0 Å². The summed E-state index contributed by atoms with van der Waals surface area (Å²) < 4.78 is 0. The van der Waals surface area contributed by atoms with E-state index in [4.69, 9.17) is 5.73 Å². The van der Waals surface area contributed by atoms with Crippen LogP contribution < -0.4 is 5.73 Å². The lowest BCUT2D eigenvalue weighted by Crippen LogP contribution is -1.97. The maximum absolute atomic E-state index is 5.81. The zero-order valence-corrected chi connectivity index (χ0v) is 14.1. The Hall–Kier alpha value is -1.34. The highest BCUT2D eigenvalue weighted by Crippen LogP contribution is 2.21. The summed E-state index contributed by atoms with van der Waals surface area (Å²) in [5.74, 6) is 0. The van der Waals surface area contributed by atoms with E-state index in [1.807, 2.05) is 0 Å². The first-order valence-corrected chi connectivity index (χ1v) is 9.05. The van der Waals surface area contributed by atoms with Crippen molar-refractivity contribution in [2.45, 2.75) is 71.3 Å². The number of fused-ring (bicyclic) bond motifs is 1. The molecule has 0 aliphatic heterocycles. The molecule has 0 unspecified atom stereocenters. The van der Waals surface area contributed by atoms with Crippen molar-refractivity contribution in [1.29, 1.82) is 0 Å². The first-order chi connectivity index (χ1) is 10.8. The van der Waals surface area contributed by atoms with Crippen molar-refractivity contribution in [2.75, 3.05) is 0 Å². The van der Waals surface area contributed by atoms with Crippen molar-refractivity contribution in [3.63, 3.8) is 0 Å². The Morgan fingerprint density at radius 3 is 2.27 bits per heavy atom. The monoisotopic (exact) mass is 297 g/mol. The molecule has 2 aromatic rings. The molecule has 0 fully saturated rings. The molecule has 0 bridgehead atoms. The zero-order chi connectivity index (χ0) is 15.6. The van der Waals surface area contributed by atoms with Crippen LogP contribution in [0.25, 0.3) is 10.8 Å². The first kappa shape index (κ1) is 17.0. The van der Waals surface area contributed by atoms with Crippen LogP contribution in [0.2, 0.25) is 0 Å². The van der Waals surface area contributed by atoms with E-state index in [1.54, 1.807) is 0 Å². The number of unbranched alkanes of at least 4 members (excludes halogenated alkanes) is 7. The third kappa shape index (κ3) is 5.14. The van der Waals surface area contributed by atoms with Crippen LogP contribution in [0.1, 0.15) is 69.4 Å². The SMILES string of the molecule is CCCCCCCCCCc1ccc2c(CN)cccc2c1. The van der Waals surface area contributed by atoms with Crippen LogP contribution in [-0.2, 0) is 13.0 Å². The van der Waals surface area contributed by atoms with Gasteiger partial charge >= 0.3 is 0 Å². The van der Waals surface area contributed by atoms with Crippen molar-refractivity contribution < 1.29 is 0 Å². The number of hydrogen-bond acceptors (Lipinski definition) is 1. The van der Waals surface area contributed by atoms with E-state index in [9.17, 15) is 0 Å². The van der Waals surface area contributed by atoms with Gasteiger partial charge in [-0.3, -0.25) is 0 Å². The van der Waals surface area contributed by atoms with Gasteiger partial charge in [0.2, 0.25) is 0 Å². The van der Waals surface area contributed by atoms with Gasteiger partial charge in [0.15, 0.2) is 0 Å². The summed E-state index contributed by atoms with van der Waals surface area (Å²) in [6.45, 7) is 2.90. The van der Waals surface area contributed by atoms with Crippen molar-refractivity contribution in [1.82, 2.24) is 0 Å². The van der Waals surface area contributed by atoms with Crippen molar-refractivity contribution in [2.24, 2.45) is 5.73 Å². The zero-order valence-electron chi connectivity index (χ0n) is 14.1. The van der Waals surface area contributed by atoms with E-state index < -0.39 is 0 Å². The smallest absolute Gasteiger partial charge is 0.0184 e. The molecule has 0 saturated carbocycles. The molecule has 22 heavy (non-hydrogen) atoms. The van der Waals surface area contributed by atoms with E-state index in [1.165, 1.54) is 79.7 Å². The van der Waals surface area contributed by atoms with Crippen LogP contribution in [-0.4, -0.2) is 0 Å². The molecule has 120 valence electrons. The topological polar surface area (TPSA) is 26.0 Å². The van der Waals surface area contributed by atoms with Gasteiger partial charge in [0.25, 0.3) is 0 Å². The predicted molar refractivity (Wildman–Crippen MR) is 98.2 cm³/mol. The highest BCUT2D eigenvalue weighted by molar-refractivity contribution is 5.86. The first-order valence-electron chi connectivity index (χ1n) is 9.05. The summed E-state index contributed by atoms with van der Waals surface area (Å²) in [6, 6.07) is 13.3. The van der Waals surface area contributed by atoms with Gasteiger partial charge in [0.1, 0.15) is 0 Å². The molecule has 0 radical (unpaired) electrons. The molecule has 0 spiro atoms. The van der Waals surface area contributed by atoms with Crippen LogP contribution >= 0.6 is 0 Å². The van der Waals surface area contributed by atoms with E-state index >= 15 is 0 Å². The third-order valence-electron chi connectivity index (χ3n) is 4.57. The highest BCUT2D eigenvalue weighted by atomic mass is 14.5. The van der Waals surface area contributed by atoms with Gasteiger partial charge in [0, 0.05) is 6.54 Å². The Morgan fingerprint density at radius 1 is 0.818 bits per heavy atom. The third-order valence-corrected chi connectivity index (χ3v) is 4.57. The molecule has 0 heterocycles. The summed E-state index contributed by atoms with van der Waals surface area (Å²) in [4.78, 5) is 0. The maximum atomic E-state index is 5.81. The lowest BCUT2D eigenvalue weighted by molar-refractivity contribution is 0.575. The quantitative estimate of drug-likeness (QED) is 0.536. The fourth-order valence-corrected chi connectivity index (χ4v) is 3.20. The van der Waals surface area contributed by atoms with Crippen LogP contribution in [0.4, 0.5) is 0 Å². The number of benzene rings is 2. The Morgan fingerprint density at radius 2 is 1.55 bits per heavy atom. The van der Waals surface area contributed by atoms with E-state index in [2.05, 4.69) is 43.3 Å². The number of hydrogen-bond donors (Lipinski definition) is 1. The van der Waals surface area contributed by atoms with Crippen LogP contribution in [0.15, 0.2) is 36.4 Å². The van der Waals surface area contributed by atoms with Gasteiger partial charge in [-0.05, 0) is 34.7 Å². The largest absolute Gasteiger partial charge is 0.326 e. The Kier molecular flexibility index (Phi) is 7.45. The molecule has 2 aromatic carbocycles. The second-order valence-electron chi connectivity index (χ2n) is 6.40. The molecule has 0 aliphatic rings. The van der Waals surface area contributed by atoms with Gasteiger partial charge in [-0.2, -0.15) is 0 Å². The average Bonchev–Trinajstić information content (AvgIpc) is 2.56. The molecule has 2 N–H and O–H groups in total. The molecule has 0 amide bonds. The molecular formula is C21H31N. The standard InChI is InChI=1S/C21H31N/c1-2-3-4-5-6-7-8-9-11-18-14-15-21-19(16-18)12-10-13-20(21)17-22/h10,12-16H,2-9,11,17,22H2,1H3. The summed E-state index contributed by atoms with van der Waals surface area (Å²) in [7, 11) is 0. The Balaban J connectivity index is 1.75. The average molecular weight is 297 g/mol. The molecule has 0 saturated heterocycles. The molecule has 2 rings (SSSR count). The molecular weight excluding hydrogens is 266 g/mol. The van der Waals surface area contributed by atoms with Crippen LogP contribution in [0.3, 0.4) is 0 Å². The fourth-order valence-electron chi connectivity index (χ4n) is 3.20. The molecule has 0 aromatic heterocycles. The van der Waals surface area contributed by atoms with E-state index in [-0.39, 0.29) is 0 Å². The minimum atomic E-state index is 0.620. The summed E-state index contributed by atoms with van der Waals surface area (Å²) in [5, 5.41) is 2.64. The minimum absolute atomic E-state index is 0.620. The number of rotatable bonds is 10. The van der Waals surface area contributed by atoms with Gasteiger partial charge < -0.3 is 5.73 Å². The van der Waals surface area contributed by atoms with Gasteiger partial charge in [-0.25, -0.2) is 0 Å². The maximum Gasteiger partial charge on any atom is 0.0184 e. The van der Waals surface area contributed by atoms with Crippen molar-refractivity contribution in [3.05, 3.63) is 47.5 Å². The molecule has 0 atom stereocenters. The van der Waals surface area contributed by atoms with Crippen molar-refractivity contribution >= 4 is 10.8 Å². The Bertz CT molecular complexity index is 559. The van der Waals surface area contributed by atoms with Gasteiger partial charge in [-0.1, -0.05) is 88.3 Å². The van der Waals surface area contributed by atoms with E-state index in [0.29, 0.717) is 6.54 Å². The summed E-state index contributed by atoms with van der Waals surface area (Å²) >= 11 is 0. The summed E-state index contributed by atoms with van der Waals surface area (Å²) in [6.07, 6.45) is 12.3. The lowest BCUT2D eigenvalue weighted by atomic mass is 9.99. The number of nitrogens with two attached hydrogens (primary N) is 1. The van der Waals surface area contributed by atoms with Gasteiger partial charge in [0.05, 0.1) is 0 Å². The van der Waals surface area contributed by atoms with Gasteiger partial charge in [-0.15, -0.1) is 0 Å².